The minimum atomic E-state index is -4.17. The second kappa shape index (κ2) is 8.75. The molecule has 1 N–H and O–H groups in total. The molecule has 2 heterocycles. The van der Waals surface area contributed by atoms with Gasteiger partial charge in [0.05, 0.1) is 12.2 Å². The number of aromatic nitrogens is 1. The number of aromatic amines is 1. The van der Waals surface area contributed by atoms with Crippen LogP contribution in [-0.4, -0.2) is 67.3 Å². The van der Waals surface area contributed by atoms with Gasteiger partial charge in [-0.15, -0.1) is 0 Å². The van der Waals surface area contributed by atoms with Crippen LogP contribution in [0.15, 0.2) is 23.1 Å². The van der Waals surface area contributed by atoms with Gasteiger partial charge in [-0.2, -0.15) is 4.31 Å². The van der Waals surface area contributed by atoms with Crippen molar-refractivity contribution in [2.45, 2.75) is 25.7 Å². The highest BCUT2D eigenvalue weighted by Crippen LogP contribution is 2.24. The van der Waals surface area contributed by atoms with Gasteiger partial charge in [0.15, 0.2) is 0 Å². The topological polar surface area (TPSA) is 99.8 Å². The summed E-state index contributed by atoms with van der Waals surface area (Å²) in [6.07, 6.45) is 0. The predicted octanol–water partition coefficient (Wildman–Crippen LogP) is 2.23. The number of hydrogen-bond donors (Lipinski definition) is 1. The molecule has 0 atom stereocenters. The van der Waals surface area contributed by atoms with Crippen LogP contribution in [0.1, 0.15) is 39.0 Å². The number of piperazine rings is 1. The number of amides is 1. The number of rotatable bonds is 5. The molecule has 0 unspecified atom stereocenters. The predicted molar refractivity (Wildman–Crippen MR) is 107 cm³/mol. The fourth-order valence-corrected chi connectivity index (χ4v) is 5.05. The molecule has 0 bridgehead atoms. The minimum absolute atomic E-state index is 0.0473. The highest BCUT2D eigenvalue weighted by molar-refractivity contribution is 7.89. The van der Waals surface area contributed by atoms with E-state index in [9.17, 15) is 26.8 Å². The van der Waals surface area contributed by atoms with Crippen molar-refractivity contribution in [1.29, 1.82) is 0 Å². The van der Waals surface area contributed by atoms with Gasteiger partial charge in [0.1, 0.15) is 22.2 Å². The third-order valence-electron chi connectivity index (χ3n) is 5.17. The largest absolute Gasteiger partial charge is 0.462 e. The zero-order valence-corrected chi connectivity index (χ0v) is 18.2. The SMILES string of the molecule is CCOC(=O)c1c(C)[nH]c(C(=O)N2CCN(S(=O)(=O)c3ccc(F)cc3F)CC2)c1C. The molecule has 11 heteroatoms. The van der Waals surface area contributed by atoms with E-state index in [-0.39, 0.29) is 44.4 Å². The van der Waals surface area contributed by atoms with Crippen molar-refractivity contribution in [3.05, 3.63) is 52.3 Å². The maximum Gasteiger partial charge on any atom is 0.340 e. The van der Waals surface area contributed by atoms with E-state index in [2.05, 4.69) is 4.98 Å². The first kappa shape index (κ1) is 22.9. The molecule has 1 fully saturated rings. The first-order valence-corrected chi connectivity index (χ1v) is 11.1. The number of hydrogen-bond acceptors (Lipinski definition) is 5. The van der Waals surface area contributed by atoms with E-state index in [1.807, 2.05) is 0 Å². The van der Waals surface area contributed by atoms with Crippen LogP contribution in [0.5, 0.6) is 0 Å². The number of ether oxygens (including phenoxy) is 1. The Morgan fingerprint density at radius 2 is 1.77 bits per heavy atom. The molecule has 168 valence electrons. The van der Waals surface area contributed by atoms with Gasteiger partial charge >= 0.3 is 5.97 Å². The molecule has 2 aromatic rings. The number of carbonyl (C=O) groups excluding carboxylic acids is 2. The molecule has 1 aliphatic rings. The van der Waals surface area contributed by atoms with Crippen LogP contribution >= 0.6 is 0 Å². The Bertz CT molecular complexity index is 1120. The number of esters is 1. The van der Waals surface area contributed by atoms with E-state index >= 15 is 0 Å². The van der Waals surface area contributed by atoms with Crippen molar-refractivity contribution in [2.75, 3.05) is 32.8 Å². The average Bonchev–Trinajstić information content (AvgIpc) is 3.01. The Kier molecular flexibility index (Phi) is 6.46. The number of nitrogens with one attached hydrogen (secondary N) is 1. The van der Waals surface area contributed by atoms with Crippen LogP contribution in [0.25, 0.3) is 0 Å². The highest BCUT2D eigenvalue weighted by atomic mass is 32.2. The van der Waals surface area contributed by atoms with Gasteiger partial charge < -0.3 is 14.6 Å². The molecular weight excluding hydrogens is 432 g/mol. The fraction of sp³-hybridized carbons (Fsp3) is 0.400. The third kappa shape index (κ3) is 4.33. The first-order chi connectivity index (χ1) is 14.6. The minimum Gasteiger partial charge on any atom is -0.462 e. The quantitative estimate of drug-likeness (QED) is 0.697. The van der Waals surface area contributed by atoms with E-state index in [0.717, 1.165) is 16.4 Å². The van der Waals surface area contributed by atoms with Gasteiger partial charge in [-0.05, 0) is 38.5 Å². The molecule has 0 saturated carbocycles. The molecule has 1 amide bonds. The number of halogens is 2. The number of carbonyl (C=O) groups is 2. The Morgan fingerprint density at radius 3 is 2.35 bits per heavy atom. The molecule has 1 saturated heterocycles. The molecule has 0 aliphatic carbocycles. The maximum atomic E-state index is 14.0. The van der Waals surface area contributed by atoms with Crippen LogP contribution in [0.3, 0.4) is 0 Å². The van der Waals surface area contributed by atoms with Crippen molar-refractivity contribution in [3.8, 4) is 0 Å². The van der Waals surface area contributed by atoms with E-state index in [0.29, 0.717) is 22.9 Å². The summed E-state index contributed by atoms with van der Waals surface area (Å²) in [5.41, 5.74) is 1.51. The summed E-state index contributed by atoms with van der Waals surface area (Å²) in [5, 5.41) is 0. The Hall–Kier alpha value is -2.79. The van der Waals surface area contributed by atoms with Crippen molar-refractivity contribution in [2.24, 2.45) is 0 Å². The van der Waals surface area contributed by atoms with Gasteiger partial charge in [0.2, 0.25) is 10.0 Å². The first-order valence-electron chi connectivity index (χ1n) is 9.68. The van der Waals surface area contributed by atoms with E-state index in [1.54, 1.807) is 20.8 Å². The maximum absolute atomic E-state index is 14.0. The van der Waals surface area contributed by atoms with E-state index in [4.69, 9.17) is 4.74 Å². The van der Waals surface area contributed by atoms with Crippen LogP contribution in [0.4, 0.5) is 8.78 Å². The Balaban J connectivity index is 1.75. The zero-order chi connectivity index (χ0) is 22.9. The summed E-state index contributed by atoms with van der Waals surface area (Å²) in [7, 11) is -4.17. The molecule has 8 nitrogen and oxygen atoms in total. The molecule has 0 spiro atoms. The van der Waals surface area contributed by atoms with Gasteiger partial charge in [0.25, 0.3) is 5.91 Å². The summed E-state index contributed by atoms with van der Waals surface area (Å²) in [6.45, 7) is 5.26. The number of nitrogens with zero attached hydrogens (tertiary/aromatic N) is 2. The zero-order valence-electron chi connectivity index (χ0n) is 17.4. The van der Waals surface area contributed by atoms with Crippen molar-refractivity contribution in [3.63, 3.8) is 0 Å². The molecule has 1 aliphatic heterocycles. The Morgan fingerprint density at radius 1 is 1.13 bits per heavy atom. The van der Waals surface area contributed by atoms with Crippen LogP contribution in [0.2, 0.25) is 0 Å². The van der Waals surface area contributed by atoms with Gasteiger partial charge in [0, 0.05) is 37.9 Å². The van der Waals surface area contributed by atoms with Crippen molar-refractivity contribution < 1.29 is 31.5 Å². The molecule has 1 aromatic carbocycles. The van der Waals surface area contributed by atoms with Crippen LogP contribution < -0.4 is 0 Å². The second-order valence-corrected chi connectivity index (χ2v) is 9.02. The van der Waals surface area contributed by atoms with Crippen LogP contribution in [0, 0.1) is 25.5 Å². The number of H-pyrrole nitrogens is 1. The van der Waals surface area contributed by atoms with Crippen molar-refractivity contribution >= 4 is 21.9 Å². The second-order valence-electron chi connectivity index (χ2n) is 7.12. The molecule has 0 radical (unpaired) electrons. The smallest absolute Gasteiger partial charge is 0.340 e. The summed E-state index contributed by atoms with van der Waals surface area (Å²) in [4.78, 5) is 28.9. The van der Waals surface area contributed by atoms with Crippen molar-refractivity contribution in [1.82, 2.24) is 14.2 Å². The van der Waals surface area contributed by atoms with Gasteiger partial charge in [-0.3, -0.25) is 4.79 Å². The lowest BCUT2D eigenvalue weighted by Crippen LogP contribution is -2.50. The van der Waals surface area contributed by atoms with Gasteiger partial charge in [-0.25, -0.2) is 22.0 Å². The lowest BCUT2D eigenvalue weighted by atomic mass is 10.1. The molecular formula is C20H23F2N3O5S. The standard InChI is InChI=1S/C20H23F2N3O5S/c1-4-30-20(27)17-12(2)18(23-13(17)3)19(26)24-7-9-25(10-8-24)31(28,29)16-6-5-14(21)11-15(16)22/h5-6,11,23H,4,7-10H2,1-3H3. The molecule has 3 rings (SSSR count). The highest BCUT2D eigenvalue weighted by Gasteiger charge is 2.33. The third-order valence-corrected chi connectivity index (χ3v) is 7.10. The molecule has 1 aromatic heterocycles. The monoisotopic (exact) mass is 455 g/mol. The van der Waals surface area contributed by atoms with Gasteiger partial charge in [-0.1, -0.05) is 0 Å². The number of aryl methyl sites for hydroxylation is 1. The van der Waals surface area contributed by atoms with E-state index in [1.165, 1.54) is 4.90 Å². The van der Waals surface area contributed by atoms with Crippen LogP contribution in [-0.2, 0) is 14.8 Å². The Labute approximate surface area is 178 Å². The summed E-state index contributed by atoms with van der Waals surface area (Å²) >= 11 is 0. The van der Waals surface area contributed by atoms with E-state index < -0.39 is 32.5 Å². The summed E-state index contributed by atoms with van der Waals surface area (Å²) in [5.74, 6) is -2.93. The average molecular weight is 455 g/mol. The lowest BCUT2D eigenvalue weighted by molar-refractivity contribution is 0.0525. The summed E-state index contributed by atoms with van der Waals surface area (Å²) in [6, 6.07) is 2.29. The number of sulfonamides is 1. The normalized spacial score (nSPS) is 15.2. The lowest BCUT2D eigenvalue weighted by Gasteiger charge is -2.34. The summed E-state index contributed by atoms with van der Waals surface area (Å²) < 4.78 is 58.6. The fourth-order valence-electron chi connectivity index (χ4n) is 3.59. The number of benzene rings is 1. The molecule has 31 heavy (non-hydrogen) atoms.